The Morgan fingerprint density at radius 3 is 2.64 bits per heavy atom. The third kappa shape index (κ3) is 4.56. The van der Waals surface area contributed by atoms with Gasteiger partial charge >= 0.3 is 0 Å². The van der Waals surface area contributed by atoms with Crippen molar-refractivity contribution in [2.45, 2.75) is 85.0 Å². The second-order valence-electron chi connectivity index (χ2n) is 7.61. The largest absolute Gasteiger partial charge is 0.373 e. The van der Waals surface area contributed by atoms with Crippen LogP contribution in [0.2, 0.25) is 0 Å². The van der Waals surface area contributed by atoms with Gasteiger partial charge in [0.15, 0.2) is 0 Å². The first-order valence-corrected chi connectivity index (χ1v) is 8.66. The molecule has 1 aromatic heterocycles. The molecule has 1 N–H and O–H groups in total. The van der Waals surface area contributed by atoms with Crippen LogP contribution >= 0.6 is 0 Å². The second-order valence-corrected chi connectivity index (χ2v) is 7.61. The molecule has 4 nitrogen and oxygen atoms in total. The first-order valence-electron chi connectivity index (χ1n) is 8.66. The molecular formula is C18H32N2O2. The van der Waals surface area contributed by atoms with Crippen molar-refractivity contribution in [2.24, 2.45) is 5.92 Å². The highest BCUT2D eigenvalue weighted by Gasteiger charge is 2.32. The fraction of sp³-hybridized carbons (Fsp3) is 0.833. The third-order valence-electron chi connectivity index (χ3n) is 4.47. The molecule has 126 valence electrons. The zero-order valence-corrected chi connectivity index (χ0v) is 15.0. The summed E-state index contributed by atoms with van der Waals surface area (Å²) in [5.41, 5.74) is 2.31. The minimum atomic E-state index is -0.00916. The van der Waals surface area contributed by atoms with Gasteiger partial charge in [0.25, 0.3) is 0 Å². The smallest absolute Gasteiger partial charge is 0.138 e. The minimum absolute atomic E-state index is 0.00916. The Hall–Kier alpha value is -0.870. The maximum Gasteiger partial charge on any atom is 0.138 e. The molecule has 1 saturated carbocycles. The Balaban J connectivity index is 1.68. The second kappa shape index (κ2) is 7.14. The Morgan fingerprint density at radius 2 is 2.05 bits per heavy atom. The zero-order valence-electron chi connectivity index (χ0n) is 15.0. The zero-order chi connectivity index (χ0) is 16.3. The first-order chi connectivity index (χ1) is 10.3. The van der Waals surface area contributed by atoms with Gasteiger partial charge in [0.2, 0.25) is 0 Å². The first kappa shape index (κ1) is 17.5. The van der Waals surface area contributed by atoms with E-state index in [0.717, 1.165) is 30.3 Å². The predicted octanol–water partition coefficient (Wildman–Crippen LogP) is 4.18. The number of aromatic nitrogens is 1. The van der Waals surface area contributed by atoms with Crippen LogP contribution in [0.15, 0.2) is 4.52 Å². The Labute approximate surface area is 135 Å². The van der Waals surface area contributed by atoms with Crippen LogP contribution in [-0.2, 0) is 11.2 Å². The van der Waals surface area contributed by atoms with Crippen molar-refractivity contribution in [1.82, 2.24) is 10.5 Å². The van der Waals surface area contributed by atoms with E-state index in [1.54, 1.807) is 0 Å². The molecule has 1 aliphatic rings. The van der Waals surface area contributed by atoms with E-state index in [1.165, 1.54) is 24.8 Å². The summed E-state index contributed by atoms with van der Waals surface area (Å²) in [6, 6.07) is 0.308. The van der Waals surface area contributed by atoms with Gasteiger partial charge in [-0.3, -0.25) is 0 Å². The average Bonchev–Trinajstić information content (AvgIpc) is 2.75. The normalized spacial score (nSPS) is 23.4. The van der Waals surface area contributed by atoms with Crippen LogP contribution in [0.5, 0.6) is 0 Å². The Morgan fingerprint density at radius 1 is 1.36 bits per heavy atom. The Bertz CT molecular complexity index is 470. The molecule has 0 aromatic carbocycles. The van der Waals surface area contributed by atoms with E-state index in [0.29, 0.717) is 12.1 Å². The molecule has 1 heterocycles. The van der Waals surface area contributed by atoms with Gasteiger partial charge in [0.1, 0.15) is 5.76 Å². The van der Waals surface area contributed by atoms with Gasteiger partial charge in [-0.25, -0.2) is 0 Å². The highest BCUT2D eigenvalue weighted by atomic mass is 16.5. The quantitative estimate of drug-likeness (QED) is 0.821. The van der Waals surface area contributed by atoms with Crippen LogP contribution < -0.4 is 5.32 Å². The average molecular weight is 308 g/mol. The van der Waals surface area contributed by atoms with Crippen LogP contribution in [-0.4, -0.2) is 23.4 Å². The molecule has 1 fully saturated rings. The summed E-state index contributed by atoms with van der Waals surface area (Å²) in [5, 5.41) is 7.76. The lowest BCUT2D eigenvalue weighted by Gasteiger charge is -2.39. The van der Waals surface area contributed by atoms with Crippen LogP contribution in [0.3, 0.4) is 0 Å². The van der Waals surface area contributed by atoms with E-state index in [2.05, 4.69) is 45.1 Å². The minimum Gasteiger partial charge on any atom is -0.373 e. The fourth-order valence-electron chi connectivity index (χ4n) is 3.35. The molecule has 0 saturated heterocycles. The maximum absolute atomic E-state index is 6.00. The van der Waals surface area contributed by atoms with Crippen molar-refractivity contribution in [3.05, 3.63) is 17.0 Å². The number of nitrogens with zero attached hydrogens (tertiary/aromatic N) is 1. The summed E-state index contributed by atoms with van der Waals surface area (Å²) < 4.78 is 11.3. The molecule has 0 spiro atoms. The van der Waals surface area contributed by atoms with E-state index < -0.39 is 0 Å². The predicted molar refractivity (Wildman–Crippen MR) is 89.0 cm³/mol. The molecule has 0 bridgehead atoms. The maximum atomic E-state index is 6.00. The van der Waals surface area contributed by atoms with E-state index in [1.807, 2.05) is 6.92 Å². The summed E-state index contributed by atoms with van der Waals surface area (Å²) in [7, 11) is 0. The summed E-state index contributed by atoms with van der Waals surface area (Å²) in [6.45, 7) is 13.8. The van der Waals surface area contributed by atoms with Gasteiger partial charge in [-0.15, -0.1) is 0 Å². The van der Waals surface area contributed by atoms with Crippen molar-refractivity contribution >= 4 is 0 Å². The van der Waals surface area contributed by atoms with Crippen LogP contribution in [0, 0.1) is 12.8 Å². The van der Waals surface area contributed by atoms with Crippen LogP contribution in [0.25, 0.3) is 0 Å². The summed E-state index contributed by atoms with van der Waals surface area (Å²) in [5.74, 6) is 1.75. The number of aryl methyl sites for hydroxylation is 2. The number of hydrogen-bond acceptors (Lipinski definition) is 4. The van der Waals surface area contributed by atoms with Gasteiger partial charge in [-0.2, -0.15) is 0 Å². The lowest BCUT2D eigenvalue weighted by Crippen LogP contribution is -2.38. The van der Waals surface area contributed by atoms with Gasteiger partial charge in [0, 0.05) is 11.6 Å². The molecule has 22 heavy (non-hydrogen) atoms. The van der Waals surface area contributed by atoms with Crippen molar-refractivity contribution in [1.29, 1.82) is 0 Å². The SMILES string of the molecule is CCc1noc(C)c1C(C)NCCC1CC(OC(C)(C)C)C1. The van der Waals surface area contributed by atoms with E-state index in [4.69, 9.17) is 9.26 Å². The third-order valence-corrected chi connectivity index (χ3v) is 4.47. The van der Waals surface area contributed by atoms with E-state index in [-0.39, 0.29) is 5.60 Å². The molecule has 2 rings (SSSR count). The number of hydrogen-bond donors (Lipinski definition) is 1. The van der Waals surface area contributed by atoms with Gasteiger partial charge < -0.3 is 14.6 Å². The molecular weight excluding hydrogens is 276 g/mol. The number of rotatable bonds is 7. The van der Waals surface area contributed by atoms with Crippen molar-refractivity contribution in [3.8, 4) is 0 Å². The van der Waals surface area contributed by atoms with E-state index in [9.17, 15) is 0 Å². The molecule has 4 heteroatoms. The number of nitrogens with one attached hydrogen (secondary N) is 1. The monoisotopic (exact) mass is 308 g/mol. The molecule has 0 aliphatic heterocycles. The lowest BCUT2D eigenvalue weighted by molar-refractivity contribution is -0.112. The van der Waals surface area contributed by atoms with Gasteiger partial charge in [-0.05, 0) is 72.8 Å². The summed E-state index contributed by atoms with van der Waals surface area (Å²) in [6.07, 6.45) is 5.03. The topological polar surface area (TPSA) is 47.3 Å². The molecule has 0 amide bonds. The Kier molecular flexibility index (Phi) is 5.67. The standard InChI is InChI=1S/C18H32N2O2/c1-7-16-17(13(3)22-20-16)12(2)19-9-8-14-10-15(11-14)21-18(4,5)6/h12,14-15,19H,7-11H2,1-6H3. The molecule has 1 aromatic rings. The summed E-state index contributed by atoms with van der Waals surface area (Å²) in [4.78, 5) is 0. The molecule has 0 radical (unpaired) electrons. The molecule has 1 unspecified atom stereocenters. The van der Waals surface area contributed by atoms with Crippen LogP contribution in [0.4, 0.5) is 0 Å². The number of ether oxygens (including phenoxy) is 1. The van der Waals surface area contributed by atoms with E-state index >= 15 is 0 Å². The molecule has 1 aliphatic carbocycles. The van der Waals surface area contributed by atoms with Crippen LogP contribution in [0.1, 0.15) is 76.9 Å². The highest BCUT2D eigenvalue weighted by Crippen LogP contribution is 2.35. The van der Waals surface area contributed by atoms with Gasteiger partial charge in [-0.1, -0.05) is 12.1 Å². The van der Waals surface area contributed by atoms with Crippen molar-refractivity contribution in [2.75, 3.05) is 6.54 Å². The summed E-state index contributed by atoms with van der Waals surface area (Å²) >= 11 is 0. The van der Waals surface area contributed by atoms with Crippen molar-refractivity contribution < 1.29 is 9.26 Å². The van der Waals surface area contributed by atoms with Crippen molar-refractivity contribution in [3.63, 3.8) is 0 Å². The molecule has 1 atom stereocenters. The highest BCUT2D eigenvalue weighted by molar-refractivity contribution is 5.25. The van der Waals surface area contributed by atoms with Gasteiger partial charge in [0.05, 0.1) is 17.4 Å². The lowest BCUT2D eigenvalue weighted by atomic mass is 9.79. The fourth-order valence-corrected chi connectivity index (χ4v) is 3.35.